The molecule has 0 saturated carbocycles. The van der Waals surface area contributed by atoms with Crippen molar-refractivity contribution in [3.8, 4) is 11.5 Å². The lowest BCUT2D eigenvalue weighted by molar-refractivity contribution is -0.120. The lowest BCUT2D eigenvalue weighted by Crippen LogP contribution is -2.18. The number of ether oxygens (including phenoxy) is 3. The summed E-state index contributed by atoms with van der Waals surface area (Å²) < 4.78 is 15.6. The van der Waals surface area contributed by atoms with Crippen molar-refractivity contribution in [2.24, 2.45) is 5.16 Å². The van der Waals surface area contributed by atoms with Crippen molar-refractivity contribution >= 4 is 34.4 Å². The van der Waals surface area contributed by atoms with Gasteiger partial charge in [0.1, 0.15) is 5.00 Å². The van der Waals surface area contributed by atoms with E-state index in [1.807, 2.05) is 13.8 Å². The zero-order chi connectivity index (χ0) is 21.4. The summed E-state index contributed by atoms with van der Waals surface area (Å²) in [4.78, 5) is 30.4. The number of hydrogen-bond donors (Lipinski definition) is 1. The first-order chi connectivity index (χ1) is 13.9. The number of esters is 1. The van der Waals surface area contributed by atoms with Crippen LogP contribution in [0.2, 0.25) is 0 Å². The summed E-state index contributed by atoms with van der Waals surface area (Å²) in [5, 5.41) is 6.93. The third-order valence-corrected chi connectivity index (χ3v) is 5.14. The molecule has 0 aliphatic carbocycles. The number of oxime groups is 1. The van der Waals surface area contributed by atoms with Crippen LogP contribution in [0.25, 0.3) is 0 Å². The van der Waals surface area contributed by atoms with Gasteiger partial charge < -0.3 is 24.4 Å². The van der Waals surface area contributed by atoms with Crippen molar-refractivity contribution in [3.05, 3.63) is 39.8 Å². The minimum Gasteiger partial charge on any atom is -0.493 e. The zero-order valence-corrected chi connectivity index (χ0v) is 17.8. The van der Waals surface area contributed by atoms with E-state index in [0.29, 0.717) is 27.6 Å². The second kappa shape index (κ2) is 10.5. The standard InChI is InChI=1S/C20H24N2O6S/c1-6-27-20(24)17-12(2)13(3)29-19(17)22-16(23)11-28-21-10-14-8-7-9-15(25-4)18(14)26-5/h7-10H,6,11H2,1-5H3,(H,22,23)/b21-10-. The number of carbonyl (C=O) groups excluding carboxylic acids is 2. The quantitative estimate of drug-likeness (QED) is 0.379. The number of thiophene rings is 1. The van der Waals surface area contributed by atoms with Crippen molar-refractivity contribution in [2.45, 2.75) is 20.8 Å². The molecule has 2 rings (SSSR count). The number of nitrogens with one attached hydrogen (secondary N) is 1. The van der Waals surface area contributed by atoms with E-state index in [0.717, 1.165) is 10.4 Å². The maximum absolute atomic E-state index is 12.2. The van der Waals surface area contributed by atoms with Crippen molar-refractivity contribution in [2.75, 3.05) is 32.8 Å². The first-order valence-electron chi connectivity index (χ1n) is 8.86. The summed E-state index contributed by atoms with van der Waals surface area (Å²) in [6.45, 7) is 5.36. The molecule has 2 aromatic rings. The Balaban J connectivity index is 2.01. The Morgan fingerprint density at radius 2 is 1.97 bits per heavy atom. The van der Waals surface area contributed by atoms with Gasteiger partial charge in [0.25, 0.3) is 5.91 Å². The summed E-state index contributed by atoms with van der Waals surface area (Å²) in [6, 6.07) is 5.32. The number of nitrogens with zero attached hydrogens (tertiary/aromatic N) is 1. The summed E-state index contributed by atoms with van der Waals surface area (Å²) in [5.41, 5.74) is 1.79. The van der Waals surface area contributed by atoms with Crippen LogP contribution in [-0.2, 0) is 14.4 Å². The number of para-hydroxylation sites is 1. The molecule has 156 valence electrons. The summed E-state index contributed by atoms with van der Waals surface area (Å²) in [6.07, 6.45) is 1.43. The molecule has 0 radical (unpaired) electrons. The maximum Gasteiger partial charge on any atom is 0.341 e. The van der Waals surface area contributed by atoms with Gasteiger partial charge in [-0.05, 0) is 38.5 Å². The first kappa shape index (κ1) is 22.2. The van der Waals surface area contributed by atoms with Crippen LogP contribution < -0.4 is 14.8 Å². The molecule has 0 spiro atoms. The topological polar surface area (TPSA) is 95.5 Å². The fourth-order valence-electron chi connectivity index (χ4n) is 2.53. The Morgan fingerprint density at radius 3 is 2.62 bits per heavy atom. The second-order valence-electron chi connectivity index (χ2n) is 5.85. The lowest BCUT2D eigenvalue weighted by atomic mass is 10.1. The second-order valence-corrected chi connectivity index (χ2v) is 7.07. The van der Waals surface area contributed by atoms with Gasteiger partial charge in [0.15, 0.2) is 18.1 Å². The van der Waals surface area contributed by atoms with Crippen LogP contribution in [0.5, 0.6) is 11.5 Å². The van der Waals surface area contributed by atoms with Crippen LogP contribution in [0.1, 0.15) is 33.3 Å². The SMILES string of the molecule is CCOC(=O)c1c(NC(=O)CO/N=C\c2cccc(OC)c2OC)sc(C)c1C. The van der Waals surface area contributed by atoms with E-state index in [4.69, 9.17) is 19.0 Å². The Morgan fingerprint density at radius 1 is 1.21 bits per heavy atom. The fraction of sp³-hybridized carbons (Fsp3) is 0.350. The van der Waals surface area contributed by atoms with Crippen LogP contribution in [0.3, 0.4) is 0 Å². The molecule has 0 bridgehead atoms. The van der Waals surface area contributed by atoms with E-state index < -0.39 is 11.9 Å². The van der Waals surface area contributed by atoms with E-state index in [1.165, 1.54) is 31.8 Å². The number of benzene rings is 1. The average Bonchev–Trinajstić information content (AvgIpc) is 2.98. The van der Waals surface area contributed by atoms with Crippen molar-refractivity contribution in [1.29, 1.82) is 0 Å². The highest BCUT2D eigenvalue weighted by Gasteiger charge is 2.22. The molecule has 1 amide bonds. The molecule has 0 aliphatic rings. The highest BCUT2D eigenvalue weighted by atomic mass is 32.1. The molecule has 1 aromatic carbocycles. The van der Waals surface area contributed by atoms with Crippen LogP contribution in [0.15, 0.2) is 23.4 Å². The molecular formula is C20H24N2O6S. The third-order valence-electron chi connectivity index (χ3n) is 4.01. The number of aryl methyl sites for hydroxylation is 1. The van der Waals surface area contributed by atoms with Gasteiger partial charge in [-0.2, -0.15) is 0 Å². The molecule has 0 fully saturated rings. The molecule has 1 N–H and O–H groups in total. The molecule has 1 aromatic heterocycles. The van der Waals surface area contributed by atoms with Crippen LogP contribution >= 0.6 is 11.3 Å². The minimum atomic E-state index is -0.464. The molecular weight excluding hydrogens is 396 g/mol. The van der Waals surface area contributed by atoms with E-state index in [2.05, 4.69) is 10.5 Å². The maximum atomic E-state index is 12.2. The van der Waals surface area contributed by atoms with Crippen molar-refractivity contribution in [3.63, 3.8) is 0 Å². The number of carbonyl (C=O) groups is 2. The zero-order valence-electron chi connectivity index (χ0n) is 17.0. The predicted octanol–water partition coefficient (Wildman–Crippen LogP) is 3.55. The average molecular weight is 420 g/mol. The van der Waals surface area contributed by atoms with E-state index in [9.17, 15) is 9.59 Å². The van der Waals surface area contributed by atoms with Crippen LogP contribution in [-0.4, -0.2) is 45.5 Å². The molecule has 0 atom stereocenters. The first-order valence-corrected chi connectivity index (χ1v) is 9.67. The Hall–Kier alpha value is -3.07. The molecule has 9 heteroatoms. The van der Waals surface area contributed by atoms with Gasteiger partial charge in [-0.3, -0.25) is 4.79 Å². The normalized spacial score (nSPS) is 10.7. The van der Waals surface area contributed by atoms with E-state index in [-0.39, 0.29) is 13.2 Å². The van der Waals surface area contributed by atoms with Crippen LogP contribution in [0, 0.1) is 13.8 Å². The number of methoxy groups -OCH3 is 2. The molecule has 8 nitrogen and oxygen atoms in total. The summed E-state index contributed by atoms with van der Waals surface area (Å²) >= 11 is 1.31. The van der Waals surface area contributed by atoms with Gasteiger partial charge in [0.05, 0.1) is 32.6 Å². The van der Waals surface area contributed by atoms with Gasteiger partial charge in [0.2, 0.25) is 0 Å². The van der Waals surface area contributed by atoms with Gasteiger partial charge in [0, 0.05) is 10.4 Å². The van der Waals surface area contributed by atoms with E-state index in [1.54, 1.807) is 25.1 Å². The molecule has 1 heterocycles. The predicted molar refractivity (Wildman–Crippen MR) is 111 cm³/mol. The Labute approximate surface area is 173 Å². The van der Waals surface area contributed by atoms with Gasteiger partial charge in [-0.15, -0.1) is 11.3 Å². The number of anilines is 1. The Bertz CT molecular complexity index is 907. The molecule has 0 saturated heterocycles. The molecule has 0 aliphatic heterocycles. The number of rotatable bonds is 9. The van der Waals surface area contributed by atoms with Gasteiger partial charge in [-0.25, -0.2) is 4.79 Å². The largest absolute Gasteiger partial charge is 0.493 e. The monoisotopic (exact) mass is 420 g/mol. The van der Waals surface area contributed by atoms with E-state index >= 15 is 0 Å². The van der Waals surface area contributed by atoms with Gasteiger partial charge in [-0.1, -0.05) is 11.2 Å². The summed E-state index contributed by atoms with van der Waals surface area (Å²) in [7, 11) is 3.06. The third kappa shape index (κ3) is 5.47. The highest BCUT2D eigenvalue weighted by Crippen LogP contribution is 2.33. The minimum absolute atomic E-state index is 0.256. The van der Waals surface area contributed by atoms with Crippen molar-refractivity contribution < 1.29 is 28.6 Å². The molecule has 29 heavy (non-hydrogen) atoms. The number of hydrogen-bond acceptors (Lipinski definition) is 8. The highest BCUT2D eigenvalue weighted by molar-refractivity contribution is 7.16. The molecule has 0 unspecified atom stereocenters. The smallest absolute Gasteiger partial charge is 0.341 e. The fourth-order valence-corrected chi connectivity index (χ4v) is 3.60. The number of amides is 1. The van der Waals surface area contributed by atoms with Crippen LogP contribution in [0.4, 0.5) is 5.00 Å². The van der Waals surface area contributed by atoms with Crippen molar-refractivity contribution in [1.82, 2.24) is 0 Å². The Kier molecular flexibility index (Phi) is 8.02. The summed E-state index contributed by atoms with van der Waals surface area (Å²) in [5.74, 6) is 0.166. The van der Waals surface area contributed by atoms with Gasteiger partial charge >= 0.3 is 5.97 Å². The lowest BCUT2D eigenvalue weighted by Gasteiger charge is -2.09.